The van der Waals surface area contributed by atoms with Gasteiger partial charge in [0, 0.05) is 22.4 Å². The van der Waals surface area contributed by atoms with Gasteiger partial charge >= 0.3 is 6.18 Å². The highest BCUT2D eigenvalue weighted by atomic mass is 19.4. The van der Waals surface area contributed by atoms with Crippen LogP contribution >= 0.6 is 0 Å². The Morgan fingerprint density at radius 3 is 2.53 bits per heavy atom. The van der Waals surface area contributed by atoms with Crippen molar-refractivity contribution in [2.24, 2.45) is 0 Å². The van der Waals surface area contributed by atoms with E-state index in [-0.39, 0.29) is 11.6 Å². The van der Waals surface area contributed by atoms with E-state index in [2.05, 4.69) is 10.6 Å². The lowest BCUT2D eigenvalue weighted by Crippen LogP contribution is -2.20. The van der Waals surface area contributed by atoms with Crippen LogP contribution in [0.2, 0.25) is 0 Å². The van der Waals surface area contributed by atoms with Gasteiger partial charge in [-0.3, -0.25) is 9.59 Å². The summed E-state index contributed by atoms with van der Waals surface area (Å²) in [5, 5.41) is 5.34. The number of rotatable bonds is 4. The van der Waals surface area contributed by atoms with E-state index in [1.807, 2.05) is 0 Å². The molecule has 1 heterocycles. The van der Waals surface area contributed by atoms with Crippen molar-refractivity contribution in [2.75, 3.05) is 12.4 Å². The van der Waals surface area contributed by atoms with Crippen molar-refractivity contribution in [3.05, 3.63) is 94.3 Å². The zero-order valence-corrected chi connectivity index (χ0v) is 16.6. The van der Waals surface area contributed by atoms with E-state index in [0.29, 0.717) is 34.6 Å². The van der Waals surface area contributed by atoms with Gasteiger partial charge in [0.15, 0.2) is 0 Å². The van der Waals surface area contributed by atoms with Gasteiger partial charge in [-0.1, -0.05) is 18.2 Å². The average Bonchev–Trinajstić information content (AvgIpc) is 3.10. The summed E-state index contributed by atoms with van der Waals surface area (Å²) >= 11 is 0. The van der Waals surface area contributed by atoms with E-state index >= 15 is 0 Å². The van der Waals surface area contributed by atoms with Gasteiger partial charge in [-0.15, -0.1) is 0 Å². The van der Waals surface area contributed by atoms with E-state index in [0.717, 1.165) is 6.07 Å². The van der Waals surface area contributed by atoms with Gasteiger partial charge in [0.05, 0.1) is 18.7 Å². The fourth-order valence-electron chi connectivity index (χ4n) is 3.61. The van der Waals surface area contributed by atoms with Crippen LogP contribution in [-0.4, -0.2) is 18.9 Å². The molecule has 0 saturated carbocycles. The van der Waals surface area contributed by atoms with Gasteiger partial charge in [0.1, 0.15) is 11.6 Å². The highest BCUT2D eigenvalue weighted by Crippen LogP contribution is 2.37. The van der Waals surface area contributed by atoms with Crippen LogP contribution in [0.25, 0.3) is 0 Å². The molecule has 1 aliphatic heterocycles. The molecule has 1 unspecified atom stereocenters. The van der Waals surface area contributed by atoms with E-state index < -0.39 is 35.1 Å². The zero-order valence-electron chi connectivity index (χ0n) is 16.6. The predicted octanol–water partition coefficient (Wildman–Crippen LogP) is 4.94. The molecule has 0 aromatic heterocycles. The third kappa shape index (κ3) is 4.01. The van der Waals surface area contributed by atoms with Crippen molar-refractivity contribution < 1.29 is 31.9 Å². The second-order valence-corrected chi connectivity index (χ2v) is 7.13. The highest BCUT2D eigenvalue weighted by molar-refractivity contribution is 6.07. The molecular formula is C23H16F4N2O3. The second kappa shape index (κ2) is 7.99. The number of ether oxygens (including phenoxy) is 1. The summed E-state index contributed by atoms with van der Waals surface area (Å²) in [4.78, 5) is 25.2. The number of hydrogen-bond donors (Lipinski definition) is 2. The second-order valence-electron chi connectivity index (χ2n) is 7.13. The summed E-state index contributed by atoms with van der Waals surface area (Å²) in [6.07, 6.45) is -4.81. The van der Waals surface area contributed by atoms with Gasteiger partial charge < -0.3 is 15.4 Å². The Bertz CT molecular complexity index is 1220. The Balaban J connectivity index is 1.72. The van der Waals surface area contributed by atoms with E-state index in [1.165, 1.54) is 19.2 Å². The topological polar surface area (TPSA) is 67.4 Å². The summed E-state index contributed by atoms with van der Waals surface area (Å²) in [5.41, 5.74) is -0.102. The Morgan fingerprint density at radius 1 is 1.06 bits per heavy atom. The summed E-state index contributed by atoms with van der Waals surface area (Å²) in [6.45, 7) is 0. The summed E-state index contributed by atoms with van der Waals surface area (Å²) in [6, 6.07) is 12.6. The van der Waals surface area contributed by atoms with Crippen LogP contribution in [0.5, 0.6) is 5.75 Å². The van der Waals surface area contributed by atoms with Crippen LogP contribution < -0.4 is 15.4 Å². The minimum absolute atomic E-state index is 0.219. The molecule has 9 heteroatoms. The maximum absolute atomic E-state index is 13.7. The lowest BCUT2D eigenvalue weighted by atomic mass is 9.96. The predicted molar refractivity (Wildman–Crippen MR) is 108 cm³/mol. The molecule has 0 bridgehead atoms. The monoisotopic (exact) mass is 444 g/mol. The number of nitrogens with one attached hydrogen (secondary N) is 2. The van der Waals surface area contributed by atoms with Crippen molar-refractivity contribution in [1.29, 1.82) is 0 Å². The van der Waals surface area contributed by atoms with Crippen LogP contribution in [0.3, 0.4) is 0 Å². The van der Waals surface area contributed by atoms with Gasteiger partial charge in [-0.05, 0) is 48.0 Å². The molecule has 2 amide bonds. The molecule has 5 nitrogen and oxygen atoms in total. The van der Waals surface area contributed by atoms with E-state index in [9.17, 15) is 27.2 Å². The molecule has 0 aliphatic carbocycles. The first-order chi connectivity index (χ1) is 15.2. The lowest BCUT2D eigenvalue weighted by Gasteiger charge is -2.17. The fraction of sp³-hybridized carbons (Fsp3) is 0.130. The van der Waals surface area contributed by atoms with E-state index in [4.69, 9.17) is 4.74 Å². The quantitative estimate of drug-likeness (QED) is 0.561. The molecule has 0 saturated heterocycles. The van der Waals surface area contributed by atoms with Crippen LogP contribution in [0.1, 0.15) is 43.4 Å². The molecule has 32 heavy (non-hydrogen) atoms. The Labute approximate surface area is 180 Å². The average molecular weight is 444 g/mol. The first-order valence-electron chi connectivity index (χ1n) is 9.44. The van der Waals surface area contributed by atoms with Crippen LogP contribution in [0.15, 0.2) is 60.7 Å². The number of benzene rings is 3. The molecule has 1 atom stereocenters. The van der Waals surface area contributed by atoms with Crippen LogP contribution in [-0.2, 0) is 6.18 Å². The van der Waals surface area contributed by atoms with Crippen molar-refractivity contribution in [3.63, 3.8) is 0 Å². The number of hydrogen-bond acceptors (Lipinski definition) is 3. The molecule has 0 spiro atoms. The minimum atomic E-state index is -4.81. The van der Waals surface area contributed by atoms with Crippen molar-refractivity contribution in [1.82, 2.24) is 5.32 Å². The summed E-state index contributed by atoms with van der Waals surface area (Å²) in [5.74, 6) is -1.93. The van der Waals surface area contributed by atoms with Crippen molar-refractivity contribution in [2.45, 2.75) is 12.2 Å². The number of halogens is 4. The third-order valence-corrected chi connectivity index (χ3v) is 5.08. The number of fused-ring (bicyclic) bond motifs is 1. The molecule has 2 N–H and O–H groups in total. The largest absolute Gasteiger partial charge is 0.497 e. The number of methoxy groups -OCH3 is 1. The molecule has 4 rings (SSSR count). The van der Waals surface area contributed by atoms with Crippen molar-refractivity contribution >= 4 is 17.5 Å². The molecule has 1 aliphatic rings. The summed E-state index contributed by atoms with van der Waals surface area (Å²) in [7, 11) is 1.50. The smallest absolute Gasteiger partial charge is 0.416 e. The normalized spacial score (nSPS) is 15.2. The number of alkyl halides is 3. The molecule has 3 aromatic carbocycles. The number of anilines is 1. The molecule has 164 valence electrons. The number of carbonyl (C=O) groups is 2. The number of amides is 2. The van der Waals surface area contributed by atoms with Gasteiger partial charge in [-0.2, -0.15) is 13.2 Å². The maximum Gasteiger partial charge on any atom is 0.416 e. The van der Waals surface area contributed by atoms with Gasteiger partial charge in [0.25, 0.3) is 11.8 Å². The Morgan fingerprint density at radius 2 is 1.81 bits per heavy atom. The molecule has 0 fully saturated rings. The molecule has 0 radical (unpaired) electrons. The standard InChI is InChI=1S/C23H16F4N2O3/c1-32-16-5-2-4-12(10-16)20-19-17(22(31)29-20)6-3-7-18(19)28-21(30)13-8-14(23(25,26)27)11-15(24)9-13/h2-11,20H,1H3,(H,28,30)(H,29,31). The third-order valence-electron chi connectivity index (χ3n) is 5.08. The Hall–Kier alpha value is -3.88. The van der Waals surface area contributed by atoms with Crippen LogP contribution in [0.4, 0.5) is 23.2 Å². The minimum Gasteiger partial charge on any atom is -0.497 e. The van der Waals surface area contributed by atoms with Crippen LogP contribution in [0, 0.1) is 5.82 Å². The fourth-order valence-corrected chi connectivity index (χ4v) is 3.61. The van der Waals surface area contributed by atoms with Gasteiger partial charge in [0.2, 0.25) is 0 Å². The lowest BCUT2D eigenvalue weighted by molar-refractivity contribution is -0.137. The Kier molecular flexibility index (Phi) is 5.33. The maximum atomic E-state index is 13.7. The highest BCUT2D eigenvalue weighted by Gasteiger charge is 2.34. The van der Waals surface area contributed by atoms with Crippen molar-refractivity contribution in [3.8, 4) is 5.75 Å². The first kappa shape index (κ1) is 21.4. The van der Waals surface area contributed by atoms with Gasteiger partial charge in [-0.25, -0.2) is 4.39 Å². The first-order valence-corrected chi connectivity index (χ1v) is 9.44. The van der Waals surface area contributed by atoms with E-state index in [1.54, 1.807) is 30.3 Å². The molecule has 3 aromatic rings. The zero-order chi connectivity index (χ0) is 23.0. The summed E-state index contributed by atoms with van der Waals surface area (Å²) < 4.78 is 58.0. The molecular weight excluding hydrogens is 428 g/mol. The SMILES string of the molecule is COc1cccc(C2NC(=O)c3cccc(NC(=O)c4cc(F)cc(C(F)(F)F)c4)c32)c1. The number of carbonyl (C=O) groups excluding carboxylic acids is 2.